The summed E-state index contributed by atoms with van der Waals surface area (Å²) in [4.78, 5) is 22.2. The monoisotopic (exact) mass is 421 g/mol. The number of unbranched alkanes of at least 4 members (excludes halogenated alkanes) is 1. The van der Waals surface area contributed by atoms with E-state index in [0.717, 1.165) is 36.0 Å². The van der Waals surface area contributed by atoms with E-state index in [1.165, 1.54) is 0 Å². The summed E-state index contributed by atoms with van der Waals surface area (Å²) in [6, 6.07) is 0. The highest BCUT2D eigenvalue weighted by atomic mass is 32.2. The molecule has 152 valence electrons. The lowest BCUT2D eigenvalue weighted by atomic mass is 10.1. The van der Waals surface area contributed by atoms with E-state index in [1.54, 1.807) is 6.26 Å². The molecule has 2 heterocycles. The van der Waals surface area contributed by atoms with E-state index in [2.05, 4.69) is 32.3 Å². The Bertz CT molecular complexity index is 684. The average molecular weight is 422 g/mol. The Morgan fingerprint density at radius 1 is 1.48 bits per heavy atom. The van der Waals surface area contributed by atoms with Crippen molar-refractivity contribution in [2.45, 2.75) is 37.4 Å². The van der Waals surface area contributed by atoms with Crippen molar-refractivity contribution in [1.82, 2.24) is 14.5 Å². The molecule has 0 amide bonds. The third kappa shape index (κ3) is 7.60. The number of hydrogen-bond donors (Lipinski definition) is 4. The lowest BCUT2D eigenvalue weighted by molar-refractivity contribution is -0.0554. The summed E-state index contributed by atoms with van der Waals surface area (Å²) in [6.45, 7) is 0.250. The van der Waals surface area contributed by atoms with Crippen molar-refractivity contribution in [2.75, 3.05) is 30.9 Å². The van der Waals surface area contributed by atoms with E-state index in [-0.39, 0.29) is 5.95 Å². The van der Waals surface area contributed by atoms with Crippen molar-refractivity contribution in [3.05, 3.63) is 16.8 Å². The summed E-state index contributed by atoms with van der Waals surface area (Å²) < 4.78 is 16.6. The molecular formula is C14H23N5O6S2. The third-order valence-electron chi connectivity index (χ3n) is 3.55. The molecule has 1 aliphatic rings. The van der Waals surface area contributed by atoms with Crippen LogP contribution in [0.2, 0.25) is 0 Å². The molecule has 0 saturated carbocycles. The van der Waals surface area contributed by atoms with Gasteiger partial charge in [-0.15, -0.1) is 0 Å². The highest BCUT2D eigenvalue weighted by Gasteiger charge is 2.43. The summed E-state index contributed by atoms with van der Waals surface area (Å²) in [6.07, 6.45) is -0.0402. The van der Waals surface area contributed by atoms with Gasteiger partial charge < -0.3 is 30.3 Å². The van der Waals surface area contributed by atoms with Crippen LogP contribution in [0.25, 0.3) is 0 Å². The van der Waals surface area contributed by atoms with Gasteiger partial charge in [-0.05, 0) is 25.1 Å². The molecule has 0 spiro atoms. The van der Waals surface area contributed by atoms with Crippen molar-refractivity contribution in [3.8, 4) is 0 Å². The van der Waals surface area contributed by atoms with E-state index in [4.69, 9.17) is 15.6 Å². The number of isothiocyanates is 1. The van der Waals surface area contributed by atoms with Gasteiger partial charge in [0.1, 0.15) is 30.4 Å². The van der Waals surface area contributed by atoms with Gasteiger partial charge in [0.05, 0.1) is 18.0 Å². The molecule has 1 aliphatic heterocycles. The van der Waals surface area contributed by atoms with Crippen molar-refractivity contribution in [1.29, 1.82) is 0 Å². The Labute approximate surface area is 164 Å². The number of hydrogen-bond acceptors (Lipinski definition) is 11. The van der Waals surface area contributed by atoms with Gasteiger partial charge in [0.25, 0.3) is 0 Å². The maximum Gasteiger partial charge on any atom is 0.354 e. The summed E-state index contributed by atoms with van der Waals surface area (Å²) in [7, 11) is 0. The lowest BCUT2D eigenvalue weighted by Crippen LogP contribution is -2.36. The van der Waals surface area contributed by atoms with Gasteiger partial charge in [-0.1, -0.05) is 11.2 Å². The number of thiocarbonyl (C=S) groups is 1. The normalized spacial score (nSPS) is 25.2. The van der Waals surface area contributed by atoms with Gasteiger partial charge in [0.15, 0.2) is 6.23 Å². The van der Waals surface area contributed by atoms with Crippen LogP contribution in [0.3, 0.4) is 0 Å². The average Bonchev–Trinajstić information content (AvgIpc) is 2.90. The Morgan fingerprint density at radius 3 is 2.70 bits per heavy atom. The number of nitrogen functional groups attached to an aromatic ring is 1. The number of ether oxygens (including phenoxy) is 1. The van der Waals surface area contributed by atoms with Crippen LogP contribution in [0.15, 0.2) is 16.1 Å². The van der Waals surface area contributed by atoms with Crippen molar-refractivity contribution in [2.24, 2.45) is 4.99 Å². The second-order valence-electron chi connectivity index (χ2n) is 5.59. The van der Waals surface area contributed by atoms with Gasteiger partial charge in [-0.25, -0.2) is 14.8 Å². The molecule has 1 unspecified atom stereocenters. The van der Waals surface area contributed by atoms with E-state index < -0.39 is 48.0 Å². The zero-order valence-electron chi connectivity index (χ0n) is 14.7. The molecule has 0 aromatic carbocycles. The van der Waals surface area contributed by atoms with Crippen LogP contribution in [0, 0.1) is 0 Å². The van der Waals surface area contributed by atoms with Gasteiger partial charge >= 0.3 is 5.69 Å². The zero-order chi connectivity index (χ0) is 20.4. The summed E-state index contributed by atoms with van der Waals surface area (Å²) in [5, 5.41) is 30.4. The van der Waals surface area contributed by atoms with Crippen LogP contribution in [-0.2, 0) is 15.9 Å². The fraction of sp³-hybridized carbons (Fsp3) is 0.714. The van der Waals surface area contributed by atoms with Crippen LogP contribution in [0.5, 0.6) is 0 Å². The molecule has 1 aromatic heterocycles. The Kier molecular flexibility index (Phi) is 10.6. The van der Waals surface area contributed by atoms with Gasteiger partial charge in [-0.3, -0.25) is 4.57 Å². The van der Waals surface area contributed by atoms with Crippen molar-refractivity contribution >= 4 is 34.5 Å². The van der Waals surface area contributed by atoms with Crippen LogP contribution in [0.4, 0.5) is 5.95 Å². The standard InChI is InChI=1S/C8H12N4O5.C6H11NOS2/c9-7-10-2-12(8(16)11-7)6-5(15)4(14)3(1-13)17-6;1-10(8)5-3-2-4-7-6-9/h2-6,13-15H,1H2,(H2,9,11,16);2-5H2,1H3/t3-,4-,5-,6-;/m1./s1. The molecular weight excluding hydrogens is 398 g/mol. The number of aliphatic imine (C=N–C) groups is 1. The number of aliphatic hydroxyl groups is 3. The fourth-order valence-electron chi connectivity index (χ4n) is 2.18. The molecule has 13 heteroatoms. The first-order valence-corrected chi connectivity index (χ1v) is 10.1. The molecule has 1 aromatic rings. The summed E-state index contributed by atoms with van der Waals surface area (Å²) in [5.74, 6) is 0.574. The predicted molar refractivity (Wildman–Crippen MR) is 102 cm³/mol. The number of aliphatic hydroxyl groups excluding tert-OH is 3. The first-order valence-electron chi connectivity index (χ1n) is 7.98. The van der Waals surface area contributed by atoms with Crippen LogP contribution in [-0.4, -0.2) is 83.0 Å². The number of aromatic nitrogens is 3. The maximum atomic E-state index is 11.5. The number of nitrogens with zero attached hydrogens (tertiary/aromatic N) is 4. The third-order valence-corrected chi connectivity index (χ3v) is 4.55. The molecule has 0 aliphatic carbocycles. The first kappa shape index (κ1) is 23.6. The van der Waals surface area contributed by atoms with E-state index in [1.807, 2.05) is 0 Å². The maximum absolute atomic E-state index is 11.5. The summed E-state index contributed by atoms with van der Waals surface area (Å²) in [5.41, 5.74) is 4.46. The molecule has 5 N–H and O–H groups in total. The minimum atomic E-state index is -1.35. The van der Waals surface area contributed by atoms with Gasteiger partial charge in [0.2, 0.25) is 5.95 Å². The molecule has 27 heavy (non-hydrogen) atoms. The molecule has 1 fully saturated rings. The van der Waals surface area contributed by atoms with E-state index in [9.17, 15) is 19.6 Å². The zero-order valence-corrected chi connectivity index (χ0v) is 16.3. The van der Waals surface area contributed by atoms with E-state index in [0.29, 0.717) is 0 Å². The topological polar surface area (TPSA) is 179 Å². The van der Waals surface area contributed by atoms with Crippen molar-refractivity contribution < 1.29 is 24.6 Å². The quantitative estimate of drug-likeness (QED) is 0.168. The number of rotatable bonds is 7. The summed E-state index contributed by atoms with van der Waals surface area (Å²) >= 11 is 3.72. The van der Waals surface area contributed by atoms with Crippen LogP contribution >= 0.6 is 12.2 Å². The van der Waals surface area contributed by atoms with E-state index >= 15 is 0 Å². The largest absolute Gasteiger partial charge is 0.617 e. The second kappa shape index (κ2) is 12.1. The van der Waals surface area contributed by atoms with Crippen LogP contribution < -0.4 is 11.4 Å². The fourth-order valence-corrected chi connectivity index (χ4v) is 2.88. The first-order chi connectivity index (χ1) is 12.8. The van der Waals surface area contributed by atoms with Gasteiger partial charge in [0, 0.05) is 6.54 Å². The molecule has 0 radical (unpaired) electrons. The Hall–Kier alpha value is -1.44. The lowest BCUT2D eigenvalue weighted by Gasteiger charge is -2.16. The number of nitrogens with two attached hydrogens (primary N) is 1. The van der Waals surface area contributed by atoms with Gasteiger partial charge in [-0.2, -0.15) is 4.98 Å². The molecule has 11 nitrogen and oxygen atoms in total. The number of anilines is 1. The smallest absolute Gasteiger partial charge is 0.354 e. The minimum absolute atomic E-state index is 0.196. The molecule has 5 atom stereocenters. The molecule has 1 saturated heterocycles. The van der Waals surface area contributed by atoms with Crippen molar-refractivity contribution in [3.63, 3.8) is 0 Å². The minimum Gasteiger partial charge on any atom is -0.617 e. The highest BCUT2D eigenvalue weighted by molar-refractivity contribution is 7.90. The Balaban J connectivity index is 0.000000314. The predicted octanol–water partition coefficient (Wildman–Crippen LogP) is -1.92. The molecule has 0 bridgehead atoms. The second-order valence-corrected chi connectivity index (χ2v) is 7.33. The van der Waals surface area contributed by atoms with Crippen LogP contribution in [0.1, 0.15) is 19.1 Å². The SMILES string of the molecule is C[S+]([O-])CCCCN=C=S.Nc1ncn([C@@H]2O[C@H](CO)[C@@H](O)[C@H]2O)c(=O)n1. The Morgan fingerprint density at radius 2 is 2.19 bits per heavy atom. The molecule has 2 rings (SSSR count). The highest BCUT2D eigenvalue weighted by Crippen LogP contribution is 2.27.